The Balaban J connectivity index is 1.76. The van der Waals surface area contributed by atoms with Crippen LogP contribution >= 0.6 is 23.6 Å². The van der Waals surface area contributed by atoms with E-state index in [-0.39, 0.29) is 5.91 Å². The topological polar surface area (TPSA) is 60.1 Å². The van der Waals surface area contributed by atoms with Crippen LogP contribution in [-0.4, -0.2) is 16.5 Å². The lowest BCUT2D eigenvalue weighted by Crippen LogP contribution is -2.36. The number of nitrogens with one attached hydrogen (secondary N) is 1. The second-order valence-electron chi connectivity index (χ2n) is 6.55. The van der Waals surface area contributed by atoms with Crippen molar-refractivity contribution in [3.8, 4) is 0 Å². The summed E-state index contributed by atoms with van der Waals surface area (Å²) in [6.07, 6.45) is 11.9. The molecular weight excluding hydrogens is 314 g/mol. The number of hydrogen-bond donors (Lipinski definition) is 2. The van der Waals surface area contributed by atoms with Crippen LogP contribution in [0.1, 0.15) is 79.9 Å². The van der Waals surface area contributed by atoms with Crippen LogP contribution in [0.3, 0.4) is 0 Å². The monoisotopic (exact) mass is 339 g/mol. The summed E-state index contributed by atoms with van der Waals surface area (Å²) in [5, 5.41) is 3.15. The van der Waals surface area contributed by atoms with Gasteiger partial charge in [0.1, 0.15) is 10.7 Å². The number of carbonyl (C=O) groups is 1. The molecule has 2 aliphatic carbocycles. The fraction of sp³-hybridized carbons (Fsp3) is 0.750. The Kier molecular flexibility index (Phi) is 5.18. The summed E-state index contributed by atoms with van der Waals surface area (Å²) in [4.78, 5) is 13.2. The van der Waals surface area contributed by atoms with Crippen molar-refractivity contribution < 1.29 is 4.79 Å². The Bertz CT molecular complexity index is 581. The van der Waals surface area contributed by atoms with Gasteiger partial charge in [-0.25, -0.2) is 0 Å². The van der Waals surface area contributed by atoms with E-state index in [9.17, 15) is 4.79 Å². The molecule has 0 spiro atoms. The van der Waals surface area contributed by atoms with Gasteiger partial charge in [0.15, 0.2) is 3.95 Å². The van der Waals surface area contributed by atoms with E-state index in [1.807, 2.05) is 4.57 Å². The van der Waals surface area contributed by atoms with Crippen molar-refractivity contribution >= 4 is 35.3 Å². The first-order valence-electron chi connectivity index (χ1n) is 8.48. The van der Waals surface area contributed by atoms with Gasteiger partial charge in [-0.2, -0.15) is 0 Å². The van der Waals surface area contributed by atoms with Gasteiger partial charge >= 0.3 is 0 Å². The highest BCUT2D eigenvalue weighted by molar-refractivity contribution is 7.73. The third-order valence-electron chi connectivity index (χ3n) is 4.96. The predicted octanol–water partition coefficient (Wildman–Crippen LogP) is 4.43. The number of amides is 1. The molecule has 2 fully saturated rings. The molecule has 0 aromatic carbocycles. The number of carbonyl (C=O) groups excluding carboxylic acids is 1. The van der Waals surface area contributed by atoms with Gasteiger partial charge in [-0.15, -0.1) is 0 Å². The van der Waals surface area contributed by atoms with Crippen LogP contribution in [0, 0.1) is 3.95 Å². The molecule has 22 heavy (non-hydrogen) atoms. The van der Waals surface area contributed by atoms with Gasteiger partial charge < -0.3 is 15.6 Å². The molecule has 0 unspecified atom stereocenters. The van der Waals surface area contributed by atoms with E-state index in [0.29, 0.717) is 22.8 Å². The zero-order chi connectivity index (χ0) is 15.5. The fourth-order valence-electron chi connectivity index (χ4n) is 3.74. The summed E-state index contributed by atoms with van der Waals surface area (Å²) in [6, 6.07) is 0.688. The first-order valence-corrected chi connectivity index (χ1v) is 9.71. The first-order chi connectivity index (χ1) is 10.7. The lowest BCUT2D eigenvalue weighted by Gasteiger charge is -2.24. The van der Waals surface area contributed by atoms with Gasteiger partial charge in [0, 0.05) is 12.1 Å². The molecule has 1 aromatic rings. The number of nitrogens with two attached hydrogens (primary N) is 1. The lowest BCUT2D eigenvalue weighted by molar-refractivity contribution is 0.0932. The van der Waals surface area contributed by atoms with Gasteiger partial charge in [0.2, 0.25) is 0 Å². The predicted molar refractivity (Wildman–Crippen MR) is 94.0 cm³/mol. The van der Waals surface area contributed by atoms with E-state index >= 15 is 0 Å². The maximum atomic E-state index is 12.5. The van der Waals surface area contributed by atoms with Gasteiger partial charge in [-0.3, -0.25) is 4.79 Å². The Morgan fingerprint density at radius 1 is 1.09 bits per heavy atom. The zero-order valence-electron chi connectivity index (χ0n) is 13.0. The van der Waals surface area contributed by atoms with Gasteiger partial charge in [0.05, 0.1) is 0 Å². The van der Waals surface area contributed by atoms with Crippen molar-refractivity contribution in [3.05, 3.63) is 8.83 Å². The van der Waals surface area contributed by atoms with Crippen LogP contribution in [0.2, 0.25) is 0 Å². The Morgan fingerprint density at radius 2 is 1.68 bits per heavy atom. The van der Waals surface area contributed by atoms with Crippen LogP contribution in [0.15, 0.2) is 0 Å². The SMILES string of the molecule is Nc1c(C(=O)NC2CCCCC2)sc(=S)n1C1CCCCC1. The number of rotatable bonds is 3. The highest BCUT2D eigenvalue weighted by Gasteiger charge is 2.25. The maximum Gasteiger partial charge on any atom is 0.265 e. The number of aromatic nitrogens is 1. The largest absolute Gasteiger partial charge is 0.384 e. The Morgan fingerprint density at radius 3 is 2.32 bits per heavy atom. The molecule has 1 amide bonds. The highest BCUT2D eigenvalue weighted by atomic mass is 32.1. The van der Waals surface area contributed by atoms with Crippen molar-refractivity contribution in [2.45, 2.75) is 76.3 Å². The second kappa shape index (κ2) is 7.13. The molecule has 2 saturated carbocycles. The zero-order valence-corrected chi connectivity index (χ0v) is 14.6. The van der Waals surface area contributed by atoms with Gasteiger partial charge in [-0.05, 0) is 37.9 Å². The first kappa shape index (κ1) is 16.0. The summed E-state index contributed by atoms with van der Waals surface area (Å²) in [7, 11) is 0. The van der Waals surface area contributed by atoms with Crippen LogP contribution < -0.4 is 11.1 Å². The minimum absolute atomic E-state index is 0.0324. The van der Waals surface area contributed by atoms with Crippen molar-refractivity contribution in [2.24, 2.45) is 0 Å². The minimum atomic E-state index is -0.0324. The summed E-state index contributed by atoms with van der Waals surface area (Å²) in [6.45, 7) is 0. The van der Waals surface area contributed by atoms with E-state index in [4.69, 9.17) is 18.0 Å². The molecule has 3 rings (SSSR count). The molecular formula is C16H25N3OS2. The summed E-state index contributed by atoms with van der Waals surface area (Å²) < 4.78 is 2.78. The third kappa shape index (κ3) is 3.38. The van der Waals surface area contributed by atoms with Crippen molar-refractivity contribution in [3.63, 3.8) is 0 Å². The Labute approximate surface area is 141 Å². The number of nitrogens with zero attached hydrogens (tertiary/aromatic N) is 1. The fourth-order valence-corrected chi connectivity index (χ4v) is 5.11. The molecule has 0 saturated heterocycles. The Hall–Kier alpha value is -0.880. The smallest absolute Gasteiger partial charge is 0.265 e. The van der Waals surface area contributed by atoms with Crippen LogP contribution in [0.4, 0.5) is 5.82 Å². The van der Waals surface area contributed by atoms with Gasteiger partial charge in [-0.1, -0.05) is 49.9 Å². The van der Waals surface area contributed by atoms with E-state index in [0.717, 1.165) is 29.6 Å². The van der Waals surface area contributed by atoms with Crippen molar-refractivity contribution in [1.82, 2.24) is 9.88 Å². The summed E-state index contributed by atoms with van der Waals surface area (Å²) in [5.74, 6) is 0.547. The number of nitrogen functional groups attached to an aromatic ring is 1. The third-order valence-corrected chi connectivity index (χ3v) is 6.38. The van der Waals surface area contributed by atoms with Crippen molar-refractivity contribution in [2.75, 3.05) is 5.73 Å². The van der Waals surface area contributed by atoms with E-state index < -0.39 is 0 Å². The summed E-state index contributed by atoms with van der Waals surface area (Å²) in [5.41, 5.74) is 6.29. The number of hydrogen-bond acceptors (Lipinski definition) is 4. The molecule has 1 heterocycles. The molecule has 2 aliphatic rings. The van der Waals surface area contributed by atoms with E-state index in [1.165, 1.54) is 49.9 Å². The molecule has 4 nitrogen and oxygen atoms in total. The normalized spacial score (nSPS) is 20.9. The molecule has 3 N–H and O–H groups in total. The van der Waals surface area contributed by atoms with E-state index in [2.05, 4.69) is 5.32 Å². The molecule has 0 bridgehead atoms. The van der Waals surface area contributed by atoms with Crippen LogP contribution in [0.25, 0.3) is 0 Å². The maximum absolute atomic E-state index is 12.5. The van der Waals surface area contributed by atoms with Gasteiger partial charge in [0.25, 0.3) is 5.91 Å². The quantitative estimate of drug-likeness (QED) is 0.801. The standard InChI is InChI=1S/C16H25N3OS2/c17-14-13(15(20)18-11-7-3-1-4-8-11)22-16(21)19(14)12-9-5-2-6-10-12/h11-12H,1-10,17H2,(H,18,20). The highest BCUT2D eigenvalue weighted by Crippen LogP contribution is 2.34. The van der Waals surface area contributed by atoms with Crippen LogP contribution in [0.5, 0.6) is 0 Å². The average Bonchev–Trinajstić information content (AvgIpc) is 2.84. The lowest BCUT2D eigenvalue weighted by atomic mass is 9.95. The molecule has 6 heteroatoms. The minimum Gasteiger partial charge on any atom is -0.384 e. The van der Waals surface area contributed by atoms with Crippen molar-refractivity contribution in [1.29, 1.82) is 0 Å². The van der Waals surface area contributed by atoms with Crippen LogP contribution in [-0.2, 0) is 0 Å². The molecule has 0 radical (unpaired) electrons. The molecule has 0 aliphatic heterocycles. The molecule has 0 atom stereocenters. The summed E-state index contributed by atoms with van der Waals surface area (Å²) >= 11 is 6.86. The molecule has 1 aromatic heterocycles. The number of thiazole rings is 1. The second-order valence-corrected chi connectivity index (χ2v) is 8.20. The van der Waals surface area contributed by atoms with E-state index in [1.54, 1.807) is 0 Å². The average molecular weight is 340 g/mol. The molecule has 122 valence electrons. The number of anilines is 1.